The molecule has 25 heavy (non-hydrogen) atoms. The zero-order chi connectivity index (χ0) is 17.6. The molecule has 1 amide bonds. The Hall–Kier alpha value is -2.37. The Balaban J connectivity index is 1.40. The quantitative estimate of drug-likeness (QED) is 0.860. The van der Waals surface area contributed by atoms with E-state index in [2.05, 4.69) is 34.0 Å². The number of nitrogens with zero attached hydrogens (tertiary/aromatic N) is 5. The summed E-state index contributed by atoms with van der Waals surface area (Å²) in [6.07, 6.45) is 2.94. The summed E-state index contributed by atoms with van der Waals surface area (Å²) in [4.78, 5) is 21.2. The van der Waals surface area contributed by atoms with Crippen LogP contribution in [0.2, 0.25) is 0 Å². The summed E-state index contributed by atoms with van der Waals surface area (Å²) in [6.45, 7) is 9.48. The summed E-state index contributed by atoms with van der Waals surface area (Å²) >= 11 is 0. The number of hydrogen-bond donors (Lipinski definition) is 0. The van der Waals surface area contributed by atoms with Gasteiger partial charge in [-0.05, 0) is 44.4 Å². The first-order valence-electron chi connectivity index (χ1n) is 9.06. The third-order valence-electron chi connectivity index (χ3n) is 5.33. The number of carbonyl (C=O) groups excluding carboxylic acids is 1. The average Bonchev–Trinajstić information content (AvgIpc) is 3.26. The van der Waals surface area contributed by atoms with Gasteiger partial charge in [0.05, 0.1) is 17.6 Å². The lowest BCUT2D eigenvalue weighted by Gasteiger charge is -2.35. The van der Waals surface area contributed by atoms with Crippen LogP contribution in [0.4, 0.5) is 5.82 Å². The molecule has 1 aliphatic carbocycles. The Morgan fingerprint density at radius 3 is 2.40 bits per heavy atom. The van der Waals surface area contributed by atoms with Crippen molar-refractivity contribution in [1.29, 1.82) is 0 Å². The summed E-state index contributed by atoms with van der Waals surface area (Å²) in [5, 5.41) is 4.50. The third kappa shape index (κ3) is 3.13. The maximum Gasteiger partial charge on any atom is 0.226 e. The first-order valence-corrected chi connectivity index (χ1v) is 9.06. The zero-order valence-electron chi connectivity index (χ0n) is 15.1. The Morgan fingerprint density at radius 1 is 1.16 bits per heavy atom. The molecule has 2 aromatic heterocycles. The molecule has 0 unspecified atom stereocenters. The van der Waals surface area contributed by atoms with Crippen molar-refractivity contribution < 1.29 is 4.79 Å². The molecule has 0 bridgehead atoms. The van der Waals surface area contributed by atoms with Crippen LogP contribution in [0.15, 0.2) is 24.4 Å². The monoisotopic (exact) mass is 339 g/mol. The molecule has 2 aromatic rings. The lowest BCUT2D eigenvalue weighted by molar-refractivity contribution is -0.133. The van der Waals surface area contributed by atoms with E-state index in [1.807, 2.05) is 35.7 Å². The predicted octanol–water partition coefficient (Wildman–Crippen LogP) is 2.19. The van der Waals surface area contributed by atoms with Crippen LogP contribution in [0, 0.1) is 25.7 Å². The fourth-order valence-corrected chi connectivity index (χ4v) is 3.64. The Kier molecular flexibility index (Phi) is 3.98. The lowest BCUT2D eigenvalue weighted by Crippen LogP contribution is -2.49. The van der Waals surface area contributed by atoms with Crippen molar-refractivity contribution in [3.05, 3.63) is 35.8 Å². The summed E-state index contributed by atoms with van der Waals surface area (Å²) < 4.78 is 1.92. The number of carbonyl (C=O) groups is 1. The molecule has 4 rings (SSSR count). The Bertz CT molecular complexity index is 774. The van der Waals surface area contributed by atoms with Gasteiger partial charge in [-0.3, -0.25) is 4.79 Å². The second-order valence-corrected chi connectivity index (χ2v) is 7.35. The highest BCUT2D eigenvalue weighted by Crippen LogP contribution is 2.39. The number of aromatic nitrogens is 3. The minimum absolute atomic E-state index is 0.282. The smallest absolute Gasteiger partial charge is 0.226 e. The molecular formula is C19H25N5O. The number of pyridine rings is 1. The molecule has 2 atom stereocenters. The number of anilines is 1. The van der Waals surface area contributed by atoms with E-state index in [9.17, 15) is 4.79 Å². The topological polar surface area (TPSA) is 54.3 Å². The first kappa shape index (κ1) is 16.1. The average molecular weight is 339 g/mol. The lowest BCUT2D eigenvalue weighted by atomic mass is 10.2. The molecule has 1 aliphatic heterocycles. The van der Waals surface area contributed by atoms with Crippen molar-refractivity contribution in [2.75, 3.05) is 31.1 Å². The summed E-state index contributed by atoms with van der Waals surface area (Å²) in [7, 11) is 0. The number of hydrogen-bond acceptors (Lipinski definition) is 4. The second-order valence-electron chi connectivity index (χ2n) is 7.35. The van der Waals surface area contributed by atoms with E-state index >= 15 is 0 Å². The van der Waals surface area contributed by atoms with E-state index in [0.717, 1.165) is 55.5 Å². The van der Waals surface area contributed by atoms with Crippen LogP contribution in [-0.2, 0) is 4.79 Å². The molecule has 0 aromatic carbocycles. The van der Waals surface area contributed by atoms with Crippen molar-refractivity contribution in [1.82, 2.24) is 19.7 Å². The Morgan fingerprint density at radius 2 is 1.88 bits per heavy atom. The van der Waals surface area contributed by atoms with Gasteiger partial charge in [-0.15, -0.1) is 0 Å². The summed E-state index contributed by atoms with van der Waals surface area (Å²) in [5.74, 6) is 2.18. The maximum absolute atomic E-state index is 12.3. The fourth-order valence-electron chi connectivity index (χ4n) is 3.64. The van der Waals surface area contributed by atoms with Gasteiger partial charge < -0.3 is 9.80 Å². The van der Waals surface area contributed by atoms with Gasteiger partial charge in [-0.25, -0.2) is 9.67 Å². The van der Waals surface area contributed by atoms with Gasteiger partial charge in [0.15, 0.2) is 0 Å². The first-order chi connectivity index (χ1) is 12.0. The van der Waals surface area contributed by atoms with E-state index in [1.165, 1.54) is 0 Å². The molecule has 1 saturated carbocycles. The number of amides is 1. The van der Waals surface area contributed by atoms with Gasteiger partial charge in [0, 0.05) is 37.8 Å². The van der Waals surface area contributed by atoms with E-state index in [0.29, 0.717) is 11.8 Å². The van der Waals surface area contributed by atoms with Crippen LogP contribution in [0.5, 0.6) is 0 Å². The van der Waals surface area contributed by atoms with Crippen molar-refractivity contribution in [3.8, 4) is 5.69 Å². The molecule has 0 spiro atoms. The van der Waals surface area contributed by atoms with E-state index in [-0.39, 0.29) is 5.92 Å². The Labute approximate surface area is 148 Å². The molecular weight excluding hydrogens is 314 g/mol. The number of piperazine rings is 1. The van der Waals surface area contributed by atoms with Crippen LogP contribution in [0.25, 0.3) is 5.69 Å². The van der Waals surface area contributed by atoms with Crippen LogP contribution >= 0.6 is 0 Å². The predicted molar refractivity (Wildman–Crippen MR) is 96.9 cm³/mol. The number of rotatable bonds is 3. The highest BCUT2D eigenvalue weighted by atomic mass is 16.2. The van der Waals surface area contributed by atoms with Crippen molar-refractivity contribution >= 4 is 11.7 Å². The van der Waals surface area contributed by atoms with Gasteiger partial charge in [0.2, 0.25) is 5.91 Å². The van der Waals surface area contributed by atoms with Crippen molar-refractivity contribution in [2.24, 2.45) is 11.8 Å². The molecule has 6 nitrogen and oxygen atoms in total. The van der Waals surface area contributed by atoms with Crippen LogP contribution in [-0.4, -0.2) is 51.8 Å². The fraction of sp³-hybridized carbons (Fsp3) is 0.526. The molecule has 1 saturated heterocycles. The standard InChI is InChI=1S/C19H25N5O/c1-13-10-17(13)19(25)23-8-6-22(7-9-23)18-5-4-16(12-20-18)24-15(3)11-14(2)21-24/h4-5,11-13,17H,6-10H2,1-3H3/t13-,17+/m0/s1. The van der Waals surface area contributed by atoms with Crippen LogP contribution in [0.3, 0.4) is 0 Å². The molecule has 0 N–H and O–H groups in total. The van der Waals surface area contributed by atoms with Crippen LogP contribution in [0.1, 0.15) is 24.7 Å². The van der Waals surface area contributed by atoms with E-state index in [4.69, 9.17) is 0 Å². The minimum atomic E-state index is 0.282. The second kappa shape index (κ2) is 6.17. The van der Waals surface area contributed by atoms with Crippen LogP contribution < -0.4 is 4.90 Å². The van der Waals surface area contributed by atoms with Gasteiger partial charge in [0.1, 0.15) is 5.82 Å². The SMILES string of the molecule is Cc1cc(C)n(-c2ccc(N3CCN(C(=O)[C@@H]4C[C@@H]4C)CC3)nc2)n1. The molecule has 132 valence electrons. The maximum atomic E-state index is 12.3. The largest absolute Gasteiger partial charge is 0.353 e. The zero-order valence-corrected chi connectivity index (χ0v) is 15.1. The van der Waals surface area contributed by atoms with Gasteiger partial charge in [0.25, 0.3) is 0 Å². The molecule has 6 heteroatoms. The highest BCUT2D eigenvalue weighted by Gasteiger charge is 2.41. The summed E-state index contributed by atoms with van der Waals surface area (Å²) in [5.41, 5.74) is 3.09. The molecule has 2 fully saturated rings. The summed E-state index contributed by atoms with van der Waals surface area (Å²) in [6, 6.07) is 6.17. The minimum Gasteiger partial charge on any atom is -0.353 e. The number of aryl methyl sites for hydroxylation is 2. The van der Waals surface area contributed by atoms with Gasteiger partial charge >= 0.3 is 0 Å². The van der Waals surface area contributed by atoms with Crippen molar-refractivity contribution in [3.63, 3.8) is 0 Å². The van der Waals surface area contributed by atoms with Crippen molar-refractivity contribution in [2.45, 2.75) is 27.2 Å². The highest BCUT2D eigenvalue weighted by molar-refractivity contribution is 5.81. The van der Waals surface area contributed by atoms with Gasteiger partial charge in [-0.2, -0.15) is 5.10 Å². The van der Waals surface area contributed by atoms with Gasteiger partial charge in [-0.1, -0.05) is 6.92 Å². The normalized spacial score (nSPS) is 23.0. The third-order valence-corrected chi connectivity index (χ3v) is 5.33. The van der Waals surface area contributed by atoms with E-state index < -0.39 is 0 Å². The molecule has 2 aliphatic rings. The van der Waals surface area contributed by atoms with E-state index in [1.54, 1.807) is 0 Å². The molecule has 3 heterocycles. The molecule has 0 radical (unpaired) electrons.